The average Bonchev–Trinajstić information content (AvgIpc) is 2.68. The number of benzene rings is 2. The minimum Gasteiger partial charge on any atom is -0.435 e. The van der Waals surface area contributed by atoms with Gasteiger partial charge in [0.1, 0.15) is 5.75 Å². The summed E-state index contributed by atoms with van der Waals surface area (Å²) in [5.74, 6) is 0.498. The monoisotopic (exact) mass is 386 g/mol. The Kier molecular flexibility index (Phi) is 6.38. The molecule has 1 heterocycles. The van der Waals surface area contributed by atoms with Crippen molar-refractivity contribution < 1.29 is 18.3 Å². The van der Waals surface area contributed by atoms with E-state index in [1.807, 2.05) is 42.6 Å². The van der Waals surface area contributed by atoms with Crippen LogP contribution in [0.2, 0.25) is 0 Å². The standard InChI is InChI=1S/C20H16F2N2O2S/c21-20(22)26-17-7-3-15(4-8-17)19(25)24-16-5-9-18(10-6-16)27-13-14-2-1-11-23-12-14/h1-12,20H,13H2,(H,24,25). The summed E-state index contributed by atoms with van der Waals surface area (Å²) in [4.78, 5) is 17.4. The fourth-order valence-electron chi connectivity index (χ4n) is 2.28. The molecular formula is C20H16F2N2O2S. The first-order chi connectivity index (χ1) is 13.1. The van der Waals surface area contributed by atoms with Gasteiger partial charge in [0.2, 0.25) is 0 Å². The average molecular weight is 386 g/mol. The lowest BCUT2D eigenvalue weighted by molar-refractivity contribution is -0.0498. The fraction of sp³-hybridized carbons (Fsp3) is 0.100. The second-order valence-electron chi connectivity index (χ2n) is 5.53. The first-order valence-electron chi connectivity index (χ1n) is 8.08. The highest BCUT2D eigenvalue weighted by Gasteiger charge is 2.08. The smallest absolute Gasteiger partial charge is 0.387 e. The van der Waals surface area contributed by atoms with Gasteiger partial charge < -0.3 is 10.1 Å². The molecule has 0 spiro atoms. The molecule has 2 aromatic carbocycles. The normalized spacial score (nSPS) is 10.6. The van der Waals surface area contributed by atoms with Crippen LogP contribution in [0.15, 0.2) is 78.0 Å². The molecule has 0 saturated carbocycles. The number of amides is 1. The van der Waals surface area contributed by atoms with Crippen molar-refractivity contribution in [2.24, 2.45) is 0 Å². The number of hydrogen-bond donors (Lipinski definition) is 1. The van der Waals surface area contributed by atoms with Gasteiger partial charge in [-0.15, -0.1) is 11.8 Å². The van der Waals surface area contributed by atoms with Crippen molar-refractivity contribution in [3.05, 3.63) is 84.2 Å². The third-order valence-corrected chi connectivity index (χ3v) is 4.67. The molecule has 1 amide bonds. The third-order valence-electron chi connectivity index (χ3n) is 3.58. The Morgan fingerprint density at radius 2 is 1.81 bits per heavy atom. The number of nitrogens with one attached hydrogen (secondary N) is 1. The zero-order chi connectivity index (χ0) is 19.1. The van der Waals surface area contributed by atoms with Crippen molar-refractivity contribution in [2.75, 3.05) is 5.32 Å². The van der Waals surface area contributed by atoms with Crippen molar-refractivity contribution in [1.29, 1.82) is 0 Å². The van der Waals surface area contributed by atoms with Crippen molar-refractivity contribution in [3.8, 4) is 5.75 Å². The maximum atomic E-state index is 12.2. The van der Waals surface area contributed by atoms with Crippen LogP contribution >= 0.6 is 11.8 Å². The van der Waals surface area contributed by atoms with E-state index < -0.39 is 6.61 Å². The summed E-state index contributed by atoms with van der Waals surface area (Å²) < 4.78 is 28.6. The van der Waals surface area contributed by atoms with E-state index in [0.29, 0.717) is 11.3 Å². The zero-order valence-electron chi connectivity index (χ0n) is 14.1. The molecule has 0 radical (unpaired) electrons. The number of carbonyl (C=O) groups is 1. The number of halogens is 2. The van der Waals surface area contributed by atoms with Crippen molar-refractivity contribution in [3.63, 3.8) is 0 Å². The van der Waals surface area contributed by atoms with Gasteiger partial charge >= 0.3 is 6.61 Å². The van der Waals surface area contributed by atoms with E-state index in [2.05, 4.69) is 15.0 Å². The topological polar surface area (TPSA) is 51.2 Å². The largest absolute Gasteiger partial charge is 0.435 e. The Morgan fingerprint density at radius 1 is 1.07 bits per heavy atom. The predicted molar refractivity (Wildman–Crippen MR) is 101 cm³/mol. The van der Waals surface area contributed by atoms with Gasteiger partial charge in [0.05, 0.1) is 0 Å². The molecule has 0 aliphatic heterocycles. The Morgan fingerprint density at radius 3 is 2.44 bits per heavy atom. The van der Waals surface area contributed by atoms with E-state index in [4.69, 9.17) is 0 Å². The highest BCUT2D eigenvalue weighted by atomic mass is 32.2. The Balaban J connectivity index is 1.55. The van der Waals surface area contributed by atoms with Crippen molar-refractivity contribution >= 4 is 23.4 Å². The Hall–Kier alpha value is -2.93. The SMILES string of the molecule is O=C(Nc1ccc(SCc2cccnc2)cc1)c1ccc(OC(F)F)cc1. The van der Waals surface area contributed by atoms with Crippen molar-refractivity contribution in [1.82, 2.24) is 4.98 Å². The molecule has 0 aliphatic rings. The summed E-state index contributed by atoms with van der Waals surface area (Å²) in [5.41, 5.74) is 2.14. The van der Waals surface area contributed by atoms with Crippen LogP contribution in [-0.4, -0.2) is 17.5 Å². The van der Waals surface area contributed by atoms with Gasteiger partial charge in [-0.1, -0.05) is 6.07 Å². The minimum absolute atomic E-state index is 0.0107. The molecule has 0 aliphatic carbocycles. The minimum atomic E-state index is -2.89. The molecule has 1 N–H and O–H groups in total. The first-order valence-corrected chi connectivity index (χ1v) is 9.07. The lowest BCUT2D eigenvalue weighted by Gasteiger charge is -2.08. The second-order valence-corrected chi connectivity index (χ2v) is 6.58. The number of hydrogen-bond acceptors (Lipinski definition) is 4. The van der Waals surface area contributed by atoms with E-state index in [1.165, 1.54) is 24.3 Å². The summed E-state index contributed by atoms with van der Waals surface area (Å²) in [5, 5.41) is 2.77. The lowest BCUT2D eigenvalue weighted by Crippen LogP contribution is -2.11. The van der Waals surface area contributed by atoms with Crippen molar-refractivity contribution in [2.45, 2.75) is 17.3 Å². The molecule has 7 heteroatoms. The molecule has 0 saturated heterocycles. The summed E-state index contributed by atoms with van der Waals surface area (Å²) >= 11 is 1.68. The van der Waals surface area contributed by atoms with E-state index in [0.717, 1.165) is 16.2 Å². The van der Waals surface area contributed by atoms with E-state index in [9.17, 15) is 13.6 Å². The van der Waals surface area contributed by atoms with Crippen LogP contribution in [-0.2, 0) is 5.75 Å². The highest BCUT2D eigenvalue weighted by Crippen LogP contribution is 2.24. The number of nitrogens with zero attached hydrogens (tertiary/aromatic N) is 1. The second kappa shape index (κ2) is 9.14. The number of thioether (sulfide) groups is 1. The quantitative estimate of drug-likeness (QED) is 0.565. The van der Waals surface area contributed by atoms with Crippen LogP contribution in [0.1, 0.15) is 15.9 Å². The summed E-state index contributed by atoms with van der Waals surface area (Å²) in [6.45, 7) is -2.89. The van der Waals surface area contributed by atoms with E-state index >= 15 is 0 Å². The van der Waals surface area contributed by atoms with Gasteiger partial charge in [0, 0.05) is 34.3 Å². The Bertz CT molecular complexity index is 873. The van der Waals surface area contributed by atoms with Gasteiger partial charge in [0.25, 0.3) is 5.91 Å². The van der Waals surface area contributed by atoms with Gasteiger partial charge in [-0.05, 0) is 60.2 Å². The molecule has 0 bridgehead atoms. The molecule has 3 rings (SSSR count). The molecular weight excluding hydrogens is 370 g/mol. The highest BCUT2D eigenvalue weighted by molar-refractivity contribution is 7.98. The lowest BCUT2D eigenvalue weighted by atomic mass is 10.2. The van der Waals surface area contributed by atoms with Crippen LogP contribution in [0.4, 0.5) is 14.5 Å². The molecule has 0 fully saturated rings. The summed E-state index contributed by atoms with van der Waals surface area (Å²) in [6, 6.07) is 16.9. The van der Waals surface area contributed by atoms with Gasteiger partial charge in [-0.3, -0.25) is 9.78 Å². The molecule has 1 aromatic heterocycles. The molecule has 27 heavy (non-hydrogen) atoms. The van der Waals surface area contributed by atoms with Crippen LogP contribution in [0.25, 0.3) is 0 Å². The number of ether oxygens (including phenoxy) is 1. The van der Waals surface area contributed by atoms with Crippen LogP contribution in [0.5, 0.6) is 5.75 Å². The number of anilines is 1. The van der Waals surface area contributed by atoms with E-state index in [-0.39, 0.29) is 11.7 Å². The first kappa shape index (κ1) is 18.8. The molecule has 3 aromatic rings. The Labute approximate surface area is 159 Å². The van der Waals surface area contributed by atoms with Gasteiger partial charge in [-0.2, -0.15) is 8.78 Å². The number of aromatic nitrogens is 1. The number of carbonyl (C=O) groups excluding carboxylic acids is 1. The number of pyridine rings is 1. The molecule has 0 atom stereocenters. The van der Waals surface area contributed by atoms with Crippen LogP contribution < -0.4 is 10.1 Å². The fourth-order valence-corrected chi connectivity index (χ4v) is 3.11. The molecule has 4 nitrogen and oxygen atoms in total. The molecule has 138 valence electrons. The number of rotatable bonds is 7. The predicted octanol–water partition coefficient (Wildman–Crippen LogP) is 5.23. The van der Waals surface area contributed by atoms with Gasteiger partial charge in [-0.25, -0.2) is 0 Å². The maximum absolute atomic E-state index is 12.2. The summed E-state index contributed by atoms with van der Waals surface area (Å²) in [7, 11) is 0. The van der Waals surface area contributed by atoms with Gasteiger partial charge in [0.15, 0.2) is 0 Å². The number of alkyl halides is 2. The molecule has 0 unspecified atom stereocenters. The van der Waals surface area contributed by atoms with E-state index in [1.54, 1.807) is 18.0 Å². The third kappa shape index (κ3) is 5.79. The maximum Gasteiger partial charge on any atom is 0.387 e. The van der Waals surface area contributed by atoms with Crippen LogP contribution in [0.3, 0.4) is 0 Å². The zero-order valence-corrected chi connectivity index (χ0v) is 15.0. The van der Waals surface area contributed by atoms with Crippen LogP contribution in [0, 0.1) is 0 Å². The summed E-state index contributed by atoms with van der Waals surface area (Å²) in [6.07, 6.45) is 3.57.